The van der Waals surface area contributed by atoms with E-state index in [4.69, 9.17) is 0 Å². The minimum absolute atomic E-state index is 0.264. The van der Waals surface area contributed by atoms with Gasteiger partial charge in [0.05, 0.1) is 6.33 Å². The quantitative estimate of drug-likeness (QED) is 0.849. The molecule has 3 heteroatoms. The molecule has 2 rings (SSSR count). The lowest BCUT2D eigenvalue weighted by molar-refractivity contribution is 0.368. The van der Waals surface area contributed by atoms with Gasteiger partial charge in [-0.15, -0.1) is 0 Å². The molecule has 1 aliphatic rings. The van der Waals surface area contributed by atoms with Crippen molar-refractivity contribution in [2.45, 2.75) is 45.6 Å². The van der Waals surface area contributed by atoms with Crippen LogP contribution in [0.3, 0.4) is 0 Å². The molecule has 0 aliphatic carbocycles. The maximum absolute atomic E-state index is 4.35. The molecule has 1 aliphatic heterocycles. The van der Waals surface area contributed by atoms with Crippen molar-refractivity contribution in [1.29, 1.82) is 0 Å². The summed E-state index contributed by atoms with van der Waals surface area (Å²) in [6.07, 6.45) is 5.25. The van der Waals surface area contributed by atoms with Crippen molar-refractivity contribution < 1.29 is 0 Å². The fourth-order valence-electron chi connectivity index (χ4n) is 2.45. The molecule has 0 bridgehead atoms. The van der Waals surface area contributed by atoms with Crippen LogP contribution in [0, 0.1) is 5.92 Å². The van der Waals surface area contributed by atoms with Crippen LogP contribution >= 0.6 is 0 Å². The van der Waals surface area contributed by atoms with Gasteiger partial charge in [0, 0.05) is 29.9 Å². The second kappa shape index (κ2) is 4.21. The van der Waals surface area contributed by atoms with Gasteiger partial charge in [0.15, 0.2) is 0 Å². The molecule has 0 spiro atoms. The number of aromatic nitrogens is 2. The molecule has 2 atom stereocenters. The first kappa shape index (κ1) is 11.6. The molecular weight excluding hydrogens is 198 g/mol. The summed E-state index contributed by atoms with van der Waals surface area (Å²) in [7, 11) is 0. The third-order valence-electron chi connectivity index (χ3n) is 4.06. The lowest BCUT2D eigenvalue weighted by Crippen LogP contribution is -2.29. The van der Waals surface area contributed by atoms with Crippen LogP contribution in [0.2, 0.25) is 0 Å². The average molecular weight is 221 g/mol. The monoisotopic (exact) mass is 221 g/mol. The number of rotatable bonds is 3. The van der Waals surface area contributed by atoms with Gasteiger partial charge in [-0.25, -0.2) is 4.98 Å². The first-order valence-corrected chi connectivity index (χ1v) is 6.27. The zero-order valence-corrected chi connectivity index (χ0v) is 10.8. The molecule has 1 N–H and O–H groups in total. The Bertz CT molecular complexity index is 348. The van der Waals surface area contributed by atoms with E-state index in [1.807, 2.05) is 12.5 Å². The summed E-state index contributed by atoms with van der Waals surface area (Å²) in [5, 5.41) is 3.46. The molecule has 1 aromatic heterocycles. The summed E-state index contributed by atoms with van der Waals surface area (Å²) in [5.41, 5.74) is 1.65. The van der Waals surface area contributed by atoms with Crippen molar-refractivity contribution in [3.63, 3.8) is 0 Å². The largest absolute Gasteiger partial charge is 0.331 e. The molecule has 1 saturated heterocycles. The van der Waals surface area contributed by atoms with Gasteiger partial charge >= 0.3 is 0 Å². The van der Waals surface area contributed by atoms with E-state index in [-0.39, 0.29) is 5.41 Å². The summed E-state index contributed by atoms with van der Waals surface area (Å²) in [6.45, 7) is 11.4. The smallest absolute Gasteiger partial charge is 0.0950 e. The highest BCUT2D eigenvalue weighted by Crippen LogP contribution is 2.32. The van der Waals surface area contributed by atoms with Gasteiger partial charge in [-0.05, 0) is 25.8 Å². The summed E-state index contributed by atoms with van der Waals surface area (Å²) in [5.74, 6) is 0.644. The summed E-state index contributed by atoms with van der Waals surface area (Å²) < 4.78 is 2.36. The average Bonchev–Trinajstić information content (AvgIpc) is 2.85. The Morgan fingerprint density at radius 3 is 2.75 bits per heavy atom. The molecular formula is C13H23N3. The zero-order valence-electron chi connectivity index (χ0n) is 10.8. The minimum Gasteiger partial charge on any atom is -0.331 e. The Labute approximate surface area is 98.3 Å². The van der Waals surface area contributed by atoms with Crippen molar-refractivity contribution in [2.24, 2.45) is 5.92 Å². The molecule has 16 heavy (non-hydrogen) atoms. The topological polar surface area (TPSA) is 29.9 Å². The van der Waals surface area contributed by atoms with Crippen LogP contribution in [0.1, 0.15) is 45.9 Å². The standard InChI is InChI=1S/C13H23N3/c1-10(2)11(3)16-9-15-7-12(16)13(4)5-6-14-8-13/h7,9-11,14H,5-6,8H2,1-4H3. The van der Waals surface area contributed by atoms with Gasteiger partial charge in [0.2, 0.25) is 0 Å². The van der Waals surface area contributed by atoms with Gasteiger partial charge in [-0.1, -0.05) is 20.8 Å². The molecule has 0 radical (unpaired) electrons. The van der Waals surface area contributed by atoms with Crippen LogP contribution in [0.5, 0.6) is 0 Å². The third-order valence-corrected chi connectivity index (χ3v) is 4.06. The number of nitrogens with zero attached hydrogens (tertiary/aromatic N) is 2. The van der Waals surface area contributed by atoms with E-state index < -0.39 is 0 Å². The number of imidazole rings is 1. The van der Waals surface area contributed by atoms with Gasteiger partial charge < -0.3 is 9.88 Å². The van der Waals surface area contributed by atoms with Gasteiger partial charge in [0.25, 0.3) is 0 Å². The van der Waals surface area contributed by atoms with Crippen LogP contribution in [0.15, 0.2) is 12.5 Å². The fourth-order valence-corrected chi connectivity index (χ4v) is 2.45. The lowest BCUT2D eigenvalue weighted by Gasteiger charge is -2.28. The first-order chi connectivity index (χ1) is 7.54. The normalized spacial score (nSPS) is 27.6. The highest BCUT2D eigenvalue weighted by Gasteiger charge is 2.34. The molecule has 2 heterocycles. The summed E-state index contributed by atoms with van der Waals surface area (Å²) in [6, 6.07) is 0.523. The third kappa shape index (κ3) is 1.88. The molecule has 1 aromatic rings. The van der Waals surface area contributed by atoms with Crippen LogP contribution < -0.4 is 5.32 Å². The Morgan fingerprint density at radius 1 is 1.44 bits per heavy atom. The Balaban J connectivity index is 2.31. The van der Waals surface area contributed by atoms with Gasteiger partial charge in [-0.2, -0.15) is 0 Å². The highest BCUT2D eigenvalue weighted by molar-refractivity contribution is 5.18. The van der Waals surface area contributed by atoms with E-state index in [2.05, 4.69) is 42.6 Å². The van der Waals surface area contributed by atoms with Gasteiger partial charge in [-0.3, -0.25) is 0 Å². The number of hydrogen-bond acceptors (Lipinski definition) is 2. The fraction of sp³-hybridized carbons (Fsp3) is 0.769. The van der Waals surface area contributed by atoms with E-state index >= 15 is 0 Å². The van der Waals surface area contributed by atoms with E-state index in [0.717, 1.165) is 13.1 Å². The molecule has 0 saturated carbocycles. The second-order valence-corrected chi connectivity index (χ2v) is 5.66. The van der Waals surface area contributed by atoms with Crippen molar-refractivity contribution >= 4 is 0 Å². The van der Waals surface area contributed by atoms with E-state index in [9.17, 15) is 0 Å². The lowest BCUT2D eigenvalue weighted by atomic mass is 9.85. The van der Waals surface area contributed by atoms with Crippen molar-refractivity contribution in [3.05, 3.63) is 18.2 Å². The van der Waals surface area contributed by atoms with E-state index in [0.29, 0.717) is 12.0 Å². The Hall–Kier alpha value is -0.830. The molecule has 3 nitrogen and oxygen atoms in total. The second-order valence-electron chi connectivity index (χ2n) is 5.66. The van der Waals surface area contributed by atoms with E-state index in [1.165, 1.54) is 12.1 Å². The van der Waals surface area contributed by atoms with Crippen LogP contribution in [0.4, 0.5) is 0 Å². The first-order valence-electron chi connectivity index (χ1n) is 6.27. The SMILES string of the molecule is CC(C)C(C)n1cncc1C1(C)CCNC1. The Morgan fingerprint density at radius 2 is 2.19 bits per heavy atom. The van der Waals surface area contributed by atoms with Crippen LogP contribution in [0.25, 0.3) is 0 Å². The Kier molecular flexibility index (Phi) is 3.06. The highest BCUT2D eigenvalue weighted by atomic mass is 15.1. The number of nitrogens with one attached hydrogen (secondary N) is 1. The summed E-state index contributed by atoms with van der Waals surface area (Å²) >= 11 is 0. The molecule has 0 amide bonds. The van der Waals surface area contributed by atoms with Crippen LogP contribution in [-0.2, 0) is 5.41 Å². The van der Waals surface area contributed by atoms with E-state index in [1.54, 1.807) is 0 Å². The molecule has 90 valence electrons. The van der Waals surface area contributed by atoms with Gasteiger partial charge in [0.1, 0.15) is 0 Å². The van der Waals surface area contributed by atoms with Crippen LogP contribution in [-0.4, -0.2) is 22.6 Å². The van der Waals surface area contributed by atoms with Crippen molar-refractivity contribution in [2.75, 3.05) is 13.1 Å². The zero-order chi connectivity index (χ0) is 11.8. The summed E-state index contributed by atoms with van der Waals surface area (Å²) in [4.78, 5) is 4.35. The van der Waals surface area contributed by atoms with Crippen molar-refractivity contribution in [1.82, 2.24) is 14.9 Å². The predicted molar refractivity (Wildman–Crippen MR) is 66.6 cm³/mol. The number of hydrogen-bond donors (Lipinski definition) is 1. The molecule has 1 fully saturated rings. The minimum atomic E-state index is 0.264. The maximum Gasteiger partial charge on any atom is 0.0950 e. The maximum atomic E-state index is 4.35. The predicted octanol–water partition coefficient (Wildman–Crippen LogP) is 2.35. The molecule has 2 unspecified atom stereocenters. The van der Waals surface area contributed by atoms with Crippen molar-refractivity contribution in [3.8, 4) is 0 Å². The molecule has 0 aromatic carbocycles.